The number of fused-ring (bicyclic) bond motifs is 3. The van der Waals surface area contributed by atoms with E-state index in [-0.39, 0.29) is 24.0 Å². The van der Waals surface area contributed by atoms with Crippen molar-refractivity contribution in [2.24, 2.45) is 5.92 Å². The van der Waals surface area contributed by atoms with Crippen LogP contribution in [0.2, 0.25) is 0 Å². The Kier molecular flexibility index (Phi) is 4.99. The number of amides is 2. The minimum Gasteiger partial charge on any atom is -0.446 e. The molecule has 3 aromatic heterocycles. The number of carbonyl (C=O) groups excluding carboxylic acids is 2. The SMILES string of the molecule is CC[C@@H]1C[C@H](OC(=O)N2CCN(C(C)=O)CC2)CC1c1nnc2cnc3[nH]ccc3n12. The fraction of sp³-hybridized carbons (Fsp3) is 0.571. The Morgan fingerprint density at radius 3 is 2.68 bits per heavy atom. The number of nitrogens with zero attached hydrogens (tertiary/aromatic N) is 6. The molecule has 0 bridgehead atoms. The van der Waals surface area contributed by atoms with Crippen molar-refractivity contribution in [3.05, 3.63) is 24.3 Å². The highest BCUT2D eigenvalue weighted by Gasteiger charge is 2.40. The molecule has 1 N–H and O–H groups in total. The molecule has 2 aliphatic rings. The number of aromatic amines is 1. The molecule has 0 aromatic carbocycles. The number of carbonyl (C=O) groups is 2. The van der Waals surface area contributed by atoms with Gasteiger partial charge in [0.1, 0.15) is 11.9 Å². The Bertz CT molecular complexity index is 1110. The van der Waals surface area contributed by atoms with Crippen molar-refractivity contribution < 1.29 is 14.3 Å². The van der Waals surface area contributed by atoms with Gasteiger partial charge in [-0.2, -0.15) is 0 Å². The highest BCUT2D eigenvalue weighted by atomic mass is 16.6. The average molecular weight is 425 g/mol. The predicted octanol–water partition coefficient (Wildman–Crippen LogP) is 2.18. The first kappa shape index (κ1) is 19.8. The maximum Gasteiger partial charge on any atom is 0.410 e. The molecule has 0 spiro atoms. The van der Waals surface area contributed by atoms with Crippen LogP contribution in [0.4, 0.5) is 4.79 Å². The van der Waals surface area contributed by atoms with Crippen LogP contribution in [0.3, 0.4) is 0 Å². The molecular weight excluding hydrogens is 398 g/mol. The standard InChI is InChI=1S/C21H27N7O3/c1-3-14-10-15(31-21(30)27-8-6-26(7-9-27)13(2)29)11-16(14)20-25-24-18-12-23-19-17(28(18)20)4-5-22-19/h4-5,12,14-16,22H,3,6-11H2,1-2H3/t14-,15+,16?/m1/s1. The largest absolute Gasteiger partial charge is 0.446 e. The summed E-state index contributed by atoms with van der Waals surface area (Å²) in [6.07, 6.45) is 5.68. The molecule has 10 heteroatoms. The Balaban J connectivity index is 1.31. The van der Waals surface area contributed by atoms with E-state index in [2.05, 4.69) is 31.5 Å². The first-order chi connectivity index (χ1) is 15.0. The quantitative estimate of drug-likeness (QED) is 0.689. The lowest BCUT2D eigenvalue weighted by Gasteiger charge is -2.34. The molecule has 1 unspecified atom stereocenters. The molecule has 3 atom stereocenters. The Hall–Kier alpha value is -3.17. The summed E-state index contributed by atoms with van der Waals surface area (Å²) < 4.78 is 7.97. The van der Waals surface area contributed by atoms with Gasteiger partial charge in [0.2, 0.25) is 5.91 Å². The van der Waals surface area contributed by atoms with Gasteiger partial charge in [0.25, 0.3) is 0 Å². The van der Waals surface area contributed by atoms with Gasteiger partial charge in [0.15, 0.2) is 11.3 Å². The molecule has 1 aliphatic carbocycles. The molecule has 4 heterocycles. The Morgan fingerprint density at radius 2 is 1.94 bits per heavy atom. The van der Waals surface area contributed by atoms with Crippen LogP contribution in [0.5, 0.6) is 0 Å². The number of nitrogens with one attached hydrogen (secondary N) is 1. The fourth-order valence-electron chi connectivity index (χ4n) is 5.00. The minimum absolute atomic E-state index is 0.0460. The molecule has 1 saturated carbocycles. The molecule has 3 aromatic rings. The van der Waals surface area contributed by atoms with Gasteiger partial charge >= 0.3 is 6.09 Å². The van der Waals surface area contributed by atoms with E-state index in [1.54, 1.807) is 22.9 Å². The first-order valence-electron chi connectivity index (χ1n) is 10.9. The highest BCUT2D eigenvalue weighted by molar-refractivity contribution is 5.75. The van der Waals surface area contributed by atoms with E-state index in [9.17, 15) is 9.59 Å². The van der Waals surface area contributed by atoms with Crippen molar-refractivity contribution in [2.45, 2.75) is 45.1 Å². The third-order valence-electron chi connectivity index (χ3n) is 6.73. The van der Waals surface area contributed by atoms with Crippen LogP contribution in [-0.4, -0.2) is 78.6 Å². The summed E-state index contributed by atoms with van der Waals surface area (Å²) in [5, 5.41) is 8.84. The number of hydrogen-bond acceptors (Lipinski definition) is 6. The normalized spacial score (nSPS) is 24.3. The zero-order chi connectivity index (χ0) is 21.5. The van der Waals surface area contributed by atoms with E-state index in [0.29, 0.717) is 32.1 Å². The van der Waals surface area contributed by atoms with Crippen LogP contribution in [0.15, 0.2) is 18.5 Å². The summed E-state index contributed by atoms with van der Waals surface area (Å²) in [5.74, 6) is 1.47. The van der Waals surface area contributed by atoms with Gasteiger partial charge in [0, 0.05) is 45.2 Å². The van der Waals surface area contributed by atoms with E-state index < -0.39 is 0 Å². The van der Waals surface area contributed by atoms with E-state index in [1.165, 1.54) is 0 Å². The average Bonchev–Trinajstić information content (AvgIpc) is 3.50. The maximum absolute atomic E-state index is 12.7. The number of hydrogen-bond donors (Lipinski definition) is 1. The zero-order valence-electron chi connectivity index (χ0n) is 17.8. The van der Waals surface area contributed by atoms with Gasteiger partial charge in [-0.25, -0.2) is 9.78 Å². The number of ether oxygens (including phenoxy) is 1. The molecule has 5 rings (SSSR count). The second-order valence-electron chi connectivity index (χ2n) is 8.47. The van der Waals surface area contributed by atoms with Crippen molar-refractivity contribution in [1.82, 2.24) is 34.4 Å². The number of H-pyrrole nitrogens is 1. The molecule has 1 saturated heterocycles. The summed E-state index contributed by atoms with van der Waals surface area (Å²) in [5.41, 5.74) is 2.48. The lowest BCUT2D eigenvalue weighted by Crippen LogP contribution is -2.50. The Labute approximate surface area is 179 Å². The van der Waals surface area contributed by atoms with Crippen LogP contribution in [-0.2, 0) is 9.53 Å². The Morgan fingerprint density at radius 1 is 1.16 bits per heavy atom. The monoisotopic (exact) mass is 425 g/mol. The summed E-state index contributed by atoms with van der Waals surface area (Å²) in [6, 6.07) is 1.98. The van der Waals surface area contributed by atoms with E-state index in [4.69, 9.17) is 4.74 Å². The molecule has 1 aliphatic heterocycles. The van der Waals surface area contributed by atoms with Crippen molar-refractivity contribution in [1.29, 1.82) is 0 Å². The maximum atomic E-state index is 12.7. The molecule has 0 radical (unpaired) electrons. The minimum atomic E-state index is -0.285. The highest BCUT2D eigenvalue weighted by Crippen LogP contribution is 2.42. The van der Waals surface area contributed by atoms with Crippen molar-refractivity contribution >= 4 is 28.8 Å². The lowest BCUT2D eigenvalue weighted by molar-refractivity contribution is -0.130. The molecule has 2 amide bonds. The van der Waals surface area contributed by atoms with Gasteiger partial charge < -0.3 is 19.5 Å². The summed E-state index contributed by atoms with van der Waals surface area (Å²) >= 11 is 0. The second kappa shape index (κ2) is 7.82. The number of rotatable bonds is 3. The van der Waals surface area contributed by atoms with Crippen molar-refractivity contribution in [3.63, 3.8) is 0 Å². The summed E-state index contributed by atoms with van der Waals surface area (Å²) in [6.45, 7) is 5.87. The molecule has 31 heavy (non-hydrogen) atoms. The molecule has 164 valence electrons. The van der Waals surface area contributed by atoms with Gasteiger partial charge in [-0.15, -0.1) is 10.2 Å². The fourth-order valence-corrected chi connectivity index (χ4v) is 5.00. The van der Waals surface area contributed by atoms with Crippen LogP contribution in [0, 0.1) is 5.92 Å². The molecular formula is C21H27N7O3. The van der Waals surface area contributed by atoms with E-state index >= 15 is 0 Å². The van der Waals surface area contributed by atoms with Gasteiger partial charge in [-0.05, 0) is 24.8 Å². The second-order valence-corrected chi connectivity index (χ2v) is 8.47. The van der Waals surface area contributed by atoms with Crippen LogP contribution in [0.1, 0.15) is 44.9 Å². The number of aromatic nitrogens is 5. The smallest absolute Gasteiger partial charge is 0.410 e. The lowest BCUT2D eigenvalue weighted by atomic mass is 9.93. The van der Waals surface area contributed by atoms with Crippen molar-refractivity contribution in [3.8, 4) is 0 Å². The van der Waals surface area contributed by atoms with Gasteiger partial charge in [-0.3, -0.25) is 9.20 Å². The van der Waals surface area contributed by atoms with E-state index in [1.807, 2.05) is 12.3 Å². The van der Waals surface area contributed by atoms with Crippen LogP contribution in [0.25, 0.3) is 16.8 Å². The van der Waals surface area contributed by atoms with Gasteiger partial charge in [0.05, 0.1) is 11.7 Å². The number of piperazine rings is 1. The summed E-state index contributed by atoms with van der Waals surface area (Å²) in [7, 11) is 0. The topological polar surface area (TPSA) is 109 Å². The third kappa shape index (κ3) is 3.49. The van der Waals surface area contributed by atoms with E-state index in [0.717, 1.165) is 41.9 Å². The predicted molar refractivity (Wildman–Crippen MR) is 112 cm³/mol. The third-order valence-corrected chi connectivity index (χ3v) is 6.73. The van der Waals surface area contributed by atoms with Crippen LogP contribution < -0.4 is 0 Å². The molecule has 2 fully saturated rings. The first-order valence-corrected chi connectivity index (χ1v) is 10.9. The van der Waals surface area contributed by atoms with Gasteiger partial charge in [-0.1, -0.05) is 13.3 Å². The zero-order valence-corrected chi connectivity index (χ0v) is 17.8. The van der Waals surface area contributed by atoms with Crippen LogP contribution >= 0.6 is 0 Å². The van der Waals surface area contributed by atoms with Crippen molar-refractivity contribution in [2.75, 3.05) is 26.2 Å². The molecule has 10 nitrogen and oxygen atoms in total. The summed E-state index contributed by atoms with van der Waals surface area (Å²) in [4.78, 5) is 35.2.